The van der Waals surface area contributed by atoms with Crippen LogP contribution in [-0.4, -0.2) is 23.3 Å². The van der Waals surface area contributed by atoms with E-state index in [9.17, 15) is 4.79 Å². The number of hydrazone groups is 1. The third-order valence-corrected chi connectivity index (χ3v) is 6.45. The Labute approximate surface area is 188 Å². The van der Waals surface area contributed by atoms with Gasteiger partial charge >= 0.3 is 5.97 Å². The molecular weight excluding hydrogens is 441 g/mol. The van der Waals surface area contributed by atoms with E-state index in [0.29, 0.717) is 38.8 Å². The fourth-order valence-electron chi connectivity index (χ4n) is 3.37. The molecule has 0 fully saturated rings. The first-order chi connectivity index (χ1) is 14.5. The first-order valence-corrected chi connectivity index (χ1v) is 11.1. The summed E-state index contributed by atoms with van der Waals surface area (Å²) in [5.41, 5.74) is 3.42. The summed E-state index contributed by atoms with van der Waals surface area (Å²) < 4.78 is 5.16. The van der Waals surface area contributed by atoms with Crippen molar-refractivity contribution in [2.45, 2.75) is 26.3 Å². The molecule has 0 saturated heterocycles. The molecule has 2 heterocycles. The summed E-state index contributed by atoms with van der Waals surface area (Å²) in [6.07, 6.45) is 0.652. The predicted molar refractivity (Wildman–Crippen MR) is 122 cm³/mol. The van der Waals surface area contributed by atoms with E-state index >= 15 is 0 Å². The van der Waals surface area contributed by atoms with Gasteiger partial charge in [0.05, 0.1) is 29.1 Å². The van der Waals surface area contributed by atoms with Gasteiger partial charge in [0.15, 0.2) is 0 Å². The van der Waals surface area contributed by atoms with Crippen molar-refractivity contribution in [3.63, 3.8) is 0 Å². The molecule has 0 amide bonds. The normalized spacial score (nSPS) is 15.9. The predicted octanol–water partition coefficient (Wildman–Crippen LogP) is 6.29. The van der Waals surface area contributed by atoms with E-state index in [1.807, 2.05) is 29.3 Å². The average molecular weight is 460 g/mol. The summed E-state index contributed by atoms with van der Waals surface area (Å²) in [6, 6.07) is 15.4. The van der Waals surface area contributed by atoms with Crippen LogP contribution in [0.2, 0.25) is 10.0 Å². The van der Waals surface area contributed by atoms with Gasteiger partial charge in [-0.1, -0.05) is 70.9 Å². The monoisotopic (exact) mass is 459 g/mol. The molecular formula is C22H19Cl2N3O2S. The van der Waals surface area contributed by atoms with Crippen LogP contribution in [0.1, 0.15) is 45.9 Å². The Kier molecular flexibility index (Phi) is 6.09. The average Bonchev–Trinajstić information content (AvgIpc) is 3.33. The number of carbonyl (C=O) groups is 1. The molecule has 4 rings (SSSR count). The van der Waals surface area contributed by atoms with Gasteiger partial charge in [0.1, 0.15) is 4.88 Å². The molecule has 0 radical (unpaired) electrons. The van der Waals surface area contributed by atoms with Crippen molar-refractivity contribution in [3.8, 4) is 0 Å². The Morgan fingerprint density at radius 2 is 2.00 bits per heavy atom. The van der Waals surface area contributed by atoms with Crippen molar-refractivity contribution < 1.29 is 9.53 Å². The maximum absolute atomic E-state index is 12.3. The third kappa shape index (κ3) is 4.08. The third-order valence-electron chi connectivity index (χ3n) is 4.78. The Morgan fingerprint density at radius 1 is 1.23 bits per heavy atom. The van der Waals surface area contributed by atoms with Crippen LogP contribution >= 0.6 is 34.5 Å². The fourth-order valence-corrected chi connectivity index (χ4v) is 4.85. The molecule has 8 heteroatoms. The highest BCUT2D eigenvalue weighted by Crippen LogP contribution is 2.40. The summed E-state index contributed by atoms with van der Waals surface area (Å²) in [6.45, 7) is 3.91. The smallest absolute Gasteiger partial charge is 0.350 e. The van der Waals surface area contributed by atoms with Gasteiger partial charge in [-0.2, -0.15) is 5.10 Å². The van der Waals surface area contributed by atoms with E-state index in [0.717, 1.165) is 16.8 Å². The Bertz CT molecular complexity index is 1110. The molecule has 5 nitrogen and oxygen atoms in total. The van der Waals surface area contributed by atoms with Crippen LogP contribution in [0.15, 0.2) is 53.6 Å². The van der Waals surface area contributed by atoms with Crippen molar-refractivity contribution >= 4 is 51.4 Å². The van der Waals surface area contributed by atoms with Crippen molar-refractivity contribution in [2.24, 2.45) is 5.10 Å². The Hall–Kier alpha value is -2.41. The number of anilines is 1. The highest BCUT2D eigenvalue weighted by molar-refractivity contribution is 7.17. The summed E-state index contributed by atoms with van der Waals surface area (Å²) in [5, 5.41) is 8.50. The second-order valence-electron chi connectivity index (χ2n) is 6.78. The minimum absolute atomic E-state index is 0.0615. The largest absolute Gasteiger partial charge is 0.462 e. The van der Waals surface area contributed by atoms with Crippen LogP contribution in [0.5, 0.6) is 0 Å². The summed E-state index contributed by atoms with van der Waals surface area (Å²) in [5.74, 6) is -0.362. The number of esters is 1. The summed E-state index contributed by atoms with van der Waals surface area (Å²) in [4.78, 5) is 17.4. The van der Waals surface area contributed by atoms with Crippen LogP contribution in [0.3, 0.4) is 0 Å². The van der Waals surface area contributed by atoms with Crippen molar-refractivity contribution in [2.75, 3.05) is 11.6 Å². The number of hydrogen-bond donors (Lipinski definition) is 0. The minimum atomic E-state index is -0.362. The van der Waals surface area contributed by atoms with Crippen molar-refractivity contribution in [1.29, 1.82) is 0 Å². The maximum Gasteiger partial charge on any atom is 0.350 e. The number of aromatic nitrogens is 1. The van der Waals surface area contributed by atoms with Crippen molar-refractivity contribution in [1.82, 2.24) is 4.98 Å². The summed E-state index contributed by atoms with van der Waals surface area (Å²) in [7, 11) is 0. The zero-order chi connectivity index (χ0) is 21.3. The van der Waals surface area contributed by atoms with Gasteiger partial charge in [0.25, 0.3) is 0 Å². The molecule has 2 aromatic carbocycles. The topological polar surface area (TPSA) is 54.8 Å². The number of rotatable bonds is 5. The van der Waals surface area contributed by atoms with Crippen LogP contribution in [-0.2, 0) is 4.74 Å². The van der Waals surface area contributed by atoms with E-state index in [4.69, 9.17) is 33.0 Å². The zero-order valence-corrected chi connectivity index (χ0v) is 18.8. The quantitative estimate of drug-likeness (QED) is 0.420. The highest BCUT2D eigenvalue weighted by Gasteiger charge is 2.33. The number of thiazole rings is 1. The van der Waals surface area contributed by atoms with E-state index in [-0.39, 0.29) is 12.0 Å². The second kappa shape index (κ2) is 8.76. The number of hydrogen-bond acceptors (Lipinski definition) is 6. The first kappa shape index (κ1) is 20.8. The Balaban J connectivity index is 1.76. The lowest BCUT2D eigenvalue weighted by molar-refractivity contribution is 0.0531. The highest BCUT2D eigenvalue weighted by atomic mass is 35.5. The second-order valence-corrected chi connectivity index (χ2v) is 8.60. The van der Waals surface area contributed by atoms with Gasteiger partial charge in [-0.15, -0.1) is 0 Å². The molecule has 0 unspecified atom stereocenters. The van der Waals surface area contributed by atoms with Gasteiger partial charge in [-0.3, -0.25) is 0 Å². The SMILES string of the molecule is CCOC(=O)c1sc(N2N=C(c3ccc(Cl)cc3Cl)C[C@H]2c2ccccc2)nc1C. The molecule has 154 valence electrons. The van der Waals surface area contributed by atoms with Gasteiger partial charge in [-0.05, 0) is 31.5 Å². The van der Waals surface area contributed by atoms with E-state index in [1.165, 1.54) is 11.3 Å². The molecule has 0 saturated carbocycles. The lowest BCUT2D eigenvalue weighted by Crippen LogP contribution is -2.18. The Morgan fingerprint density at radius 3 is 2.70 bits per heavy atom. The number of halogens is 2. The number of aryl methyl sites for hydroxylation is 1. The van der Waals surface area contributed by atoms with Gasteiger partial charge in [0.2, 0.25) is 5.13 Å². The van der Waals surface area contributed by atoms with Gasteiger partial charge in [-0.25, -0.2) is 14.8 Å². The maximum atomic E-state index is 12.3. The van der Waals surface area contributed by atoms with Crippen LogP contribution in [0.4, 0.5) is 5.13 Å². The molecule has 0 bridgehead atoms. The molecule has 1 aliphatic rings. The molecule has 0 aliphatic carbocycles. The van der Waals surface area contributed by atoms with E-state index in [1.54, 1.807) is 26.0 Å². The molecule has 1 aliphatic heterocycles. The number of carbonyl (C=O) groups excluding carboxylic acids is 1. The lowest BCUT2D eigenvalue weighted by atomic mass is 9.98. The molecule has 1 atom stereocenters. The number of ether oxygens (including phenoxy) is 1. The summed E-state index contributed by atoms with van der Waals surface area (Å²) >= 11 is 13.8. The number of benzene rings is 2. The zero-order valence-electron chi connectivity index (χ0n) is 16.4. The molecule has 0 spiro atoms. The van der Waals surface area contributed by atoms with Crippen LogP contribution in [0.25, 0.3) is 0 Å². The van der Waals surface area contributed by atoms with Crippen LogP contribution in [0, 0.1) is 6.92 Å². The molecule has 30 heavy (non-hydrogen) atoms. The lowest BCUT2D eigenvalue weighted by Gasteiger charge is -2.21. The van der Waals surface area contributed by atoms with Crippen LogP contribution < -0.4 is 5.01 Å². The van der Waals surface area contributed by atoms with Crippen molar-refractivity contribution in [3.05, 3.63) is 80.3 Å². The number of nitrogens with zero attached hydrogens (tertiary/aromatic N) is 3. The molecule has 1 aromatic heterocycles. The first-order valence-electron chi connectivity index (χ1n) is 9.49. The van der Waals surface area contributed by atoms with E-state index in [2.05, 4.69) is 17.1 Å². The van der Waals surface area contributed by atoms with E-state index < -0.39 is 0 Å². The minimum Gasteiger partial charge on any atom is -0.462 e. The molecule has 0 N–H and O–H groups in total. The fraction of sp³-hybridized carbons (Fsp3) is 0.227. The van der Waals surface area contributed by atoms with Gasteiger partial charge in [0, 0.05) is 17.0 Å². The molecule has 3 aromatic rings. The van der Waals surface area contributed by atoms with Gasteiger partial charge < -0.3 is 4.74 Å². The standard InChI is InChI=1S/C22H19Cl2N3O2S/c1-3-29-21(28)20-13(2)25-22(30-20)27-19(14-7-5-4-6-8-14)12-18(26-27)16-10-9-15(23)11-17(16)24/h4-11,19H,3,12H2,1-2H3/t19-/m0/s1.